The molecule has 1 aliphatic rings. The highest BCUT2D eigenvalue weighted by Crippen LogP contribution is 2.29. The third kappa shape index (κ3) is 6.79. The molecule has 0 unspecified atom stereocenters. The fourth-order valence-electron chi connectivity index (χ4n) is 2.87. The summed E-state index contributed by atoms with van der Waals surface area (Å²) >= 11 is 0. The maximum Gasteiger partial charge on any atom is 0.333 e. The van der Waals surface area contributed by atoms with Gasteiger partial charge < -0.3 is 4.74 Å². The van der Waals surface area contributed by atoms with E-state index in [0.29, 0.717) is 18.4 Å². The highest BCUT2D eigenvalue weighted by molar-refractivity contribution is 5.87. The SMILES string of the molecule is C/C(=C\[C@@H](C)CC1CCCCC1)C(=O)OCC(C)C. The summed E-state index contributed by atoms with van der Waals surface area (Å²) in [5.41, 5.74) is 0.768. The lowest BCUT2D eigenvalue weighted by molar-refractivity contribution is -0.140. The third-order valence-corrected chi connectivity index (χ3v) is 3.83. The van der Waals surface area contributed by atoms with E-state index in [0.717, 1.165) is 11.5 Å². The number of carbonyl (C=O) groups is 1. The number of hydrogen-bond acceptors (Lipinski definition) is 2. The van der Waals surface area contributed by atoms with Crippen LogP contribution in [0.15, 0.2) is 11.6 Å². The fraction of sp³-hybridized carbons (Fsp3) is 0.824. The molecule has 0 aliphatic heterocycles. The Hall–Kier alpha value is -0.790. The molecule has 1 saturated carbocycles. The fourth-order valence-corrected chi connectivity index (χ4v) is 2.87. The van der Waals surface area contributed by atoms with Gasteiger partial charge in [-0.05, 0) is 31.1 Å². The molecule has 110 valence electrons. The summed E-state index contributed by atoms with van der Waals surface area (Å²) in [6.07, 6.45) is 10.2. The average Bonchev–Trinajstić information content (AvgIpc) is 2.36. The zero-order valence-electron chi connectivity index (χ0n) is 13.1. The molecule has 1 atom stereocenters. The van der Waals surface area contributed by atoms with Crippen LogP contribution >= 0.6 is 0 Å². The molecule has 0 aromatic heterocycles. The van der Waals surface area contributed by atoms with E-state index in [4.69, 9.17) is 4.74 Å². The van der Waals surface area contributed by atoms with Gasteiger partial charge in [0.25, 0.3) is 0 Å². The van der Waals surface area contributed by atoms with E-state index in [1.165, 1.54) is 38.5 Å². The minimum Gasteiger partial charge on any atom is -0.462 e. The molecule has 0 aromatic rings. The number of ether oxygens (including phenoxy) is 1. The highest BCUT2D eigenvalue weighted by atomic mass is 16.5. The number of allylic oxidation sites excluding steroid dienone is 1. The summed E-state index contributed by atoms with van der Waals surface area (Å²) in [6.45, 7) is 8.71. The predicted octanol–water partition coefficient (Wildman–Crippen LogP) is 4.74. The Labute approximate surface area is 118 Å². The summed E-state index contributed by atoms with van der Waals surface area (Å²) in [5, 5.41) is 0. The van der Waals surface area contributed by atoms with Crippen LogP contribution in [0, 0.1) is 17.8 Å². The monoisotopic (exact) mass is 266 g/mol. The number of hydrogen-bond donors (Lipinski definition) is 0. The van der Waals surface area contributed by atoms with Crippen molar-refractivity contribution in [3.05, 3.63) is 11.6 Å². The van der Waals surface area contributed by atoms with Crippen LogP contribution in [0.25, 0.3) is 0 Å². The first-order valence-corrected chi connectivity index (χ1v) is 7.84. The topological polar surface area (TPSA) is 26.3 Å². The highest BCUT2D eigenvalue weighted by Gasteiger charge is 2.16. The zero-order chi connectivity index (χ0) is 14.3. The van der Waals surface area contributed by atoms with E-state index in [9.17, 15) is 4.79 Å². The molecular formula is C17H30O2. The van der Waals surface area contributed by atoms with Crippen molar-refractivity contribution >= 4 is 5.97 Å². The average molecular weight is 266 g/mol. The van der Waals surface area contributed by atoms with Crippen molar-refractivity contribution in [1.82, 2.24) is 0 Å². The van der Waals surface area contributed by atoms with Crippen LogP contribution in [0.1, 0.15) is 66.2 Å². The first-order valence-electron chi connectivity index (χ1n) is 7.84. The molecule has 0 saturated heterocycles. The van der Waals surface area contributed by atoms with E-state index >= 15 is 0 Å². The molecule has 1 fully saturated rings. The molecule has 0 radical (unpaired) electrons. The third-order valence-electron chi connectivity index (χ3n) is 3.83. The predicted molar refractivity (Wildman–Crippen MR) is 79.9 cm³/mol. The van der Waals surface area contributed by atoms with Gasteiger partial charge in [-0.2, -0.15) is 0 Å². The molecule has 0 amide bonds. The van der Waals surface area contributed by atoms with Crippen LogP contribution in [0.5, 0.6) is 0 Å². The molecule has 0 spiro atoms. The van der Waals surface area contributed by atoms with Gasteiger partial charge in [0.05, 0.1) is 6.61 Å². The van der Waals surface area contributed by atoms with Crippen LogP contribution in [0.2, 0.25) is 0 Å². The van der Waals surface area contributed by atoms with Gasteiger partial charge in [0.1, 0.15) is 0 Å². The maximum atomic E-state index is 11.8. The lowest BCUT2D eigenvalue weighted by Crippen LogP contribution is -2.13. The van der Waals surface area contributed by atoms with Crippen molar-refractivity contribution in [2.24, 2.45) is 17.8 Å². The van der Waals surface area contributed by atoms with Gasteiger partial charge in [0, 0.05) is 5.57 Å². The van der Waals surface area contributed by atoms with E-state index < -0.39 is 0 Å². The van der Waals surface area contributed by atoms with E-state index in [-0.39, 0.29) is 5.97 Å². The molecule has 2 heteroatoms. The molecule has 0 bridgehead atoms. The molecule has 1 rings (SSSR count). The summed E-state index contributed by atoms with van der Waals surface area (Å²) in [4.78, 5) is 11.8. The lowest BCUT2D eigenvalue weighted by atomic mass is 9.83. The minimum atomic E-state index is -0.149. The van der Waals surface area contributed by atoms with Crippen molar-refractivity contribution in [2.75, 3.05) is 6.61 Å². The minimum absolute atomic E-state index is 0.149. The number of carbonyl (C=O) groups excluding carboxylic acids is 1. The number of rotatable bonds is 6. The Balaban J connectivity index is 2.36. The normalized spacial score (nSPS) is 19.5. The van der Waals surface area contributed by atoms with Gasteiger partial charge in [-0.25, -0.2) is 4.79 Å². The van der Waals surface area contributed by atoms with Crippen LogP contribution in [0.4, 0.5) is 0 Å². The van der Waals surface area contributed by atoms with Crippen LogP contribution in [-0.2, 0) is 9.53 Å². The first-order chi connectivity index (χ1) is 8.99. The van der Waals surface area contributed by atoms with Gasteiger partial charge in [0.15, 0.2) is 0 Å². The Morgan fingerprint density at radius 3 is 2.42 bits per heavy atom. The zero-order valence-corrected chi connectivity index (χ0v) is 13.1. The summed E-state index contributed by atoms with van der Waals surface area (Å²) in [7, 11) is 0. The largest absolute Gasteiger partial charge is 0.462 e. The Kier molecular flexibility index (Phi) is 7.19. The van der Waals surface area contributed by atoms with Crippen molar-refractivity contribution < 1.29 is 9.53 Å². The Bertz CT molecular complexity index is 298. The van der Waals surface area contributed by atoms with Crippen molar-refractivity contribution in [2.45, 2.75) is 66.2 Å². The second-order valence-corrected chi connectivity index (χ2v) is 6.56. The molecule has 0 aromatic carbocycles. The van der Waals surface area contributed by atoms with E-state index in [2.05, 4.69) is 26.8 Å². The van der Waals surface area contributed by atoms with Gasteiger partial charge in [-0.3, -0.25) is 0 Å². The first kappa shape index (κ1) is 16.3. The van der Waals surface area contributed by atoms with Gasteiger partial charge in [-0.15, -0.1) is 0 Å². The van der Waals surface area contributed by atoms with Crippen LogP contribution in [0.3, 0.4) is 0 Å². The molecule has 19 heavy (non-hydrogen) atoms. The molecule has 1 aliphatic carbocycles. The standard InChI is InChI=1S/C17H30O2/c1-13(2)12-19-17(18)15(4)10-14(3)11-16-8-6-5-7-9-16/h10,13-14,16H,5-9,11-12H2,1-4H3/b15-10+/t14-/m1/s1. The summed E-state index contributed by atoms with van der Waals surface area (Å²) in [5.74, 6) is 1.59. The molecule has 2 nitrogen and oxygen atoms in total. The van der Waals surface area contributed by atoms with Crippen molar-refractivity contribution in [1.29, 1.82) is 0 Å². The number of esters is 1. The van der Waals surface area contributed by atoms with Crippen molar-refractivity contribution in [3.8, 4) is 0 Å². The smallest absolute Gasteiger partial charge is 0.333 e. The molecule has 0 N–H and O–H groups in total. The maximum absolute atomic E-state index is 11.8. The summed E-state index contributed by atoms with van der Waals surface area (Å²) in [6, 6.07) is 0. The molecule has 0 heterocycles. The van der Waals surface area contributed by atoms with Crippen LogP contribution in [-0.4, -0.2) is 12.6 Å². The van der Waals surface area contributed by atoms with E-state index in [1.807, 2.05) is 6.92 Å². The second-order valence-electron chi connectivity index (χ2n) is 6.56. The van der Waals surface area contributed by atoms with Gasteiger partial charge in [-0.1, -0.05) is 59.0 Å². The lowest BCUT2D eigenvalue weighted by Gasteiger charge is -2.23. The van der Waals surface area contributed by atoms with Crippen LogP contribution < -0.4 is 0 Å². The molecular weight excluding hydrogens is 236 g/mol. The Morgan fingerprint density at radius 1 is 1.21 bits per heavy atom. The van der Waals surface area contributed by atoms with E-state index in [1.54, 1.807) is 0 Å². The second kappa shape index (κ2) is 8.39. The van der Waals surface area contributed by atoms with Gasteiger partial charge >= 0.3 is 5.97 Å². The Morgan fingerprint density at radius 2 is 1.84 bits per heavy atom. The van der Waals surface area contributed by atoms with Gasteiger partial charge in [0.2, 0.25) is 0 Å². The summed E-state index contributed by atoms with van der Waals surface area (Å²) < 4.78 is 5.25. The van der Waals surface area contributed by atoms with Crippen molar-refractivity contribution in [3.63, 3.8) is 0 Å². The quantitative estimate of drug-likeness (QED) is 0.513.